The number of carbonyl (C=O) groups excluding carboxylic acids is 1. The number of rotatable bonds is 4. The van der Waals surface area contributed by atoms with Gasteiger partial charge in [-0.15, -0.1) is 11.8 Å². The largest absolute Gasteiger partial charge is 0.480 e. The van der Waals surface area contributed by atoms with E-state index in [1.165, 1.54) is 11.8 Å². The van der Waals surface area contributed by atoms with Gasteiger partial charge in [-0.2, -0.15) is 0 Å². The highest BCUT2D eigenvalue weighted by Gasteiger charge is 2.32. The molecule has 0 heterocycles. The number of nitrogens with one attached hydrogen (secondary N) is 1. The summed E-state index contributed by atoms with van der Waals surface area (Å²) in [6.07, 6.45) is 0. The van der Waals surface area contributed by atoms with Crippen LogP contribution >= 0.6 is 11.8 Å². The second-order valence-corrected chi connectivity index (χ2v) is 7.91. The summed E-state index contributed by atoms with van der Waals surface area (Å²) < 4.78 is -0.00219. The van der Waals surface area contributed by atoms with Crippen LogP contribution in [0, 0.1) is 5.41 Å². The van der Waals surface area contributed by atoms with Crippen LogP contribution in [0.4, 0.5) is 0 Å². The van der Waals surface area contributed by atoms with Crippen molar-refractivity contribution in [1.82, 2.24) is 5.32 Å². The Bertz CT molecular complexity index is 289. The van der Waals surface area contributed by atoms with E-state index in [-0.39, 0.29) is 16.4 Å². The smallest absolute Gasteiger partial charge is 0.326 e. The fourth-order valence-electron chi connectivity index (χ4n) is 1.13. The predicted molar refractivity (Wildman–Crippen MR) is 71.2 cm³/mol. The summed E-state index contributed by atoms with van der Waals surface area (Å²) >= 11 is 1.50. The summed E-state index contributed by atoms with van der Waals surface area (Å²) in [6.45, 7) is 11.4. The van der Waals surface area contributed by atoms with E-state index in [0.29, 0.717) is 0 Å². The summed E-state index contributed by atoms with van der Waals surface area (Å²) in [6, 6.07) is -0.851. The highest BCUT2D eigenvalue weighted by molar-refractivity contribution is 8.01. The van der Waals surface area contributed by atoms with Gasteiger partial charge in [0, 0.05) is 4.75 Å². The highest BCUT2D eigenvalue weighted by atomic mass is 32.2. The molecule has 1 atom stereocenters. The molecule has 0 rings (SSSR count). The Labute approximate surface area is 108 Å². The molecule has 1 amide bonds. The third kappa shape index (κ3) is 7.26. The molecule has 100 valence electrons. The van der Waals surface area contributed by atoms with E-state index in [1.54, 1.807) is 20.8 Å². The van der Waals surface area contributed by atoms with Crippen LogP contribution in [0.2, 0.25) is 0 Å². The number of thioether (sulfide) groups is 1. The number of hydrogen-bond acceptors (Lipinski definition) is 3. The van der Waals surface area contributed by atoms with Crippen molar-refractivity contribution >= 4 is 23.6 Å². The lowest BCUT2D eigenvalue weighted by atomic mass is 9.87. The molecule has 0 unspecified atom stereocenters. The lowest BCUT2D eigenvalue weighted by Gasteiger charge is -2.28. The first-order valence-corrected chi connectivity index (χ1v) is 6.58. The van der Waals surface area contributed by atoms with Crippen LogP contribution < -0.4 is 5.32 Å². The van der Waals surface area contributed by atoms with Crippen molar-refractivity contribution in [3.05, 3.63) is 0 Å². The third-order valence-electron chi connectivity index (χ3n) is 2.05. The highest BCUT2D eigenvalue weighted by Crippen LogP contribution is 2.23. The molecule has 2 N–H and O–H groups in total. The molecular weight excluding hydrogens is 238 g/mol. The summed E-state index contributed by atoms with van der Waals surface area (Å²) in [5, 5.41) is 11.6. The average Bonchev–Trinajstić information content (AvgIpc) is 2.07. The van der Waals surface area contributed by atoms with E-state index >= 15 is 0 Å². The molecule has 0 aromatic heterocycles. The van der Waals surface area contributed by atoms with Gasteiger partial charge >= 0.3 is 5.97 Å². The number of aliphatic carboxylic acids is 1. The van der Waals surface area contributed by atoms with Gasteiger partial charge in [0.25, 0.3) is 0 Å². The SMILES string of the molecule is CC(C)(C)SCC(=O)N[C@@H](C(=O)O)C(C)(C)C. The second-order valence-electron chi connectivity index (χ2n) is 6.11. The molecule has 0 radical (unpaired) electrons. The Morgan fingerprint density at radius 3 is 1.94 bits per heavy atom. The zero-order valence-corrected chi connectivity index (χ0v) is 12.3. The molecule has 0 aromatic rings. The van der Waals surface area contributed by atoms with Crippen molar-refractivity contribution in [3.8, 4) is 0 Å². The molecule has 5 heteroatoms. The van der Waals surface area contributed by atoms with Crippen molar-refractivity contribution in [2.45, 2.75) is 52.3 Å². The molecule has 17 heavy (non-hydrogen) atoms. The minimum Gasteiger partial charge on any atom is -0.480 e. The summed E-state index contributed by atoms with van der Waals surface area (Å²) in [7, 11) is 0. The molecule has 0 saturated carbocycles. The van der Waals surface area contributed by atoms with Gasteiger partial charge in [0.1, 0.15) is 6.04 Å². The van der Waals surface area contributed by atoms with Crippen molar-refractivity contribution < 1.29 is 14.7 Å². The maximum atomic E-state index is 11.7. The average molecular weight is 261 g/mol. The zero-order chi connectivity index (χ0) is 13.9. The normalized spacial score (nSPS) is 14.2. The first-order valence-electron chi connectivity index (χ1n) is 5.59. The third-order valence-corrected chi connectivity index (χ3v) is 3.33. The van der Waals surface area contributed by atoms with Crippen LogP contribution in [0.5, 0.6) is 0 Å². The number of carbonyl (C=O) groups is 2. The Morgan fingerprint density at radius 2 is 1.65 bits per heavy atom. The molecule has 0 spiro atoms. The van der Waals surface area contributed by atoms with Gasteiger partial charge in [-0.3, -0.25) is 4.79 Å². The first-order chi connectivity index (χ1) is 7.43. The van der Waals surface area contributed by atoms with Crippen LogP contribution in [0.1, 0.15) is 41.5 Å². The monoisotopic (exact) mass is 261 g/mol. The summed E-state index contributed by atoms with van der Waals surface area (Å²) in [5.74, 6) is -0.942. The molecule has 0 bridgehead atoms. The first kappa shape index (κ1) is 16.3. The fourth-order valence-corrected chi connectivity index (χ4v) is 1.78. The molecule has 0 saturated heterocycles. The van der Waals surface area contributed by atoms with Crippen LogP contribution in [-0.4, -0.2) is 33.5 Å². The van der Waals surface area contributed by atoms with E-state index in [0.717, 1.165) is 0 Å². The summed E-state index contributed by atoms with van der Waals surface area (Å²) in [4.78, 5) is 22.7. The van der Waals surface area contributed by atoms with Crippen LogP contribution in [0.3, 0.4) is 0 Å². The van der Waals surface area contributed by atoms with Crippen molar-refractivity contribution in [2.75, 3.05) is 5.75 Å². The lowest BCUT2D eigenvalue weighted by molar-refractivity contribution is -0.144. The van der Waals surface area contributed by atoms with E-state index in [9.17, 15) is 9.59 Å². The zero-order valence-electron chi connectivity index (χ0n) is 11.5. The van der Waals surface area contributed by atoms with Crippen LogP contribution in [-0.2, 0) is 9.59 Å². The molecule has 4 nitrogen and oxygen atoms in total. The quantitative estimate of drug-likeness (QED) is 0.813. The van der Waals surface area contributed by atoms with Gasteiger partial charge in [0.05, 0.1) is 5.75 Å². The minimum atomic E-state index is -0.994. The van der Waals surface area contributed by atoms with Crippen molar-refractivity contribution in [1.29, 1.82) is 0 Å². The van der Waals surface area contributed by atoms with Crippen LogP contribution in [0.25, 0.3) is 0 Å². The van der Waals surface area contributed by atoms with Crippen molar-refractivity contribution in [3.63, 3.8) is 0 Å². The molecule has 0 fully saturated rings. The minimum absolute atomic E-state index is 0.00219. The van der Waals surface area contributed by atoms with E-state index < -0.39 is 17.4 Å². The van der Waals surface area contributed by atoms with Gasteiger partial charge in [0.15, 0.2) is 0 Å². The van der Waals surface area contributed by atoms with E-state index in [4.69, 9.17) is 5.11 Å². The summed E-state index contributed by atoms with van der Waals surface area (Å²) in [5.41, 5.74) is -0.492. The fraction of sp³-hybridized carbons (Fsp3) is 0.833. The standard InChI is InChI=1S/C12H23NO3S/c1-11(2,3)9(10(15)16)13-8(14)7-17-12(4,5)6/h9H,7H2,1-6H3,(H,13,14)(H,15,16)/t9-/m0/s1. The maximum absolute atomic E-state index is 11.7. The molecule has 0 aromatic carbocycles. The maximum Gasteiger partial charge on any atom is 0.326 e. The van der Waals surface area contributed by atoms with E-state index in [2.05, 4.69) is 5.32 Å². The van der Waals surface area contributed by atoms with E-state index in [1.807, 2.05) is 20.8 Å². The van der Waals surface area contributed by atoms with Gasteiger partial charge in [0.2, 0.25) is 5.91 Å². The van der Waals surface area contributed by atoms with Crippen LogP contribution in [0.15, 0.2) is 0 Å². The topological polar surface area (TPSA) is 66.4 Å². The van der Waals surface area contributed by atoms with Gasteiger partial charge in [-0.05, 0) is 5.41 Å². The second kappa shape index (κ2) is 5.76. The lowest BCUT2D eigenvalue weighted by Crippen LogP contribution is -2.49. The Balaban J connectivity index is 4.39. The Morgan fingerprint density at radius 1 is 1.18 bits per heavy atom. The number of carboxylic acids is 1. The van der Waals surface area contributed by atoms with Gasteiger partial charge < -0.3 is 10.4 Å². The number of carboxylic acid groups (broad SMARTS) is 1. The number of amides is 1. The van der Waals surface area contributed by atoms with Gasteiger partial charge in [-0.25, -0.2) is 4.79 Å². The molecule has 0 aliphatic heterocycles. The predicted octanol–water partition coefficient (Wildman–Crippen LogP) is 2.13. The number of hydrogen-bond donors (Lipinski definition) is 2. The van der Waals surface area contributed by atoms with Crippen molar-refractivity contribution in [2.24, 2.45) is 5.41 Å². The molecule has 0 aliphatic rings. The Hall–Kier alpha value is -0.710. The Kier molecular flexibility index (Phi) is 5.52. The van der Waals surface area contributed by atoms with Gasteiger partial charge in [-0.1, -0.05) is 41.5 Å². The molecular formula is C12H23NO3S. The molecule has 0 aliphatic carbocycles.